The molecule has 2 N–H and O–H groups in total. The lowest BCUT2D eigenvalue weighted by Gasteiger charge is -2.23. The van der Waals surface area contributed by atoms with Gasteiger partial charge in [-0.3, -0.25) is 9.20 Å². The number of hydrogen-bond donors (Lipinski definition) is 2. The van der Waals surface area contributed by atoms with Crippen LogP contribution in [0.25, 0.3) is 5.65 Å². The zero-order valence-electron chi connectivity index (χ0n) is 20.8. The van der Waals surface area contributed by atoms with Crippen LogP contribution in [0, 0.1) is 13.8 Å². The molecule has 0 radical (unpaired) electrons. The summed E-state index contributed by atoms with van der Waals surface area (Å²) in [6.07, 6.45) is -3.10. The third-order valence-corrected chi connectivity index (χ3v) is 6.66. The SMILES string of the molecule is Cc1cc([C@H](C)Nc2ccc(C(F)(F)F)nc2C(=O)O)c2nc(N3Cc4ccccc4C3)c(C)c(=O)n2c1. The highest BCUT2D eigenvalue weighted by Crippen LogP contribution is 2.32. The van der Waals surface area contributed by atoms with Crippen molar-refractivity contribution in [3.63, 3.8) is 0 Å². The van der Waals surface area contributed by atoms with E-state index in [0.717, 1.165) is 28.8 Å². The first-order chi connectivity index (χ1) is 17.9. The molecule has 0 unspecified atom stereocenters. The van der Waals surface area contributed by atoms with Crippen LogP contribution in [0.2, 0.25) is 0 Å². The highest BCUT2D eigenvalue weighted by atomic mass is 19.4. The van der Waals surface area contributed by atoms with Crippen LogP contribution in [0.5, 0.6) is 0 Å². The zero-order chi connectivity index (χ0) is 27.4. The second-order valence-corrected chi connectivity index (χ2v) is 9.42. The van der Waals surface area contributed by atoms with E-state index >= 15 is 0 Å². The van der Waals surface area contributed by atoms with Crippen LogP contribution in [0.3, 0.4) is 0 Å². The minimum atomic E-state index is -4.78. The number of aromatic nitrogens is 3. The van der Waals surface area contributed by atoms with Crippen molar-refractivity contribution in [2.24, 2.45) is 0 Å². The lowest BCUT2D eigenvalue weighted by atomic mass is 10.1. The zero-order valence-corrected chi connectivity index (χ0v) is 20.8. The summed E-state index contributed by atoms with van der Waals surface area (Å²) in [5, 5.41) is 12.5. The maximum atomic E-state index is 13.4. The first-order valence-electron chi connectivity index (χ1n) is 11.9. The second-order valence-electron chi connectivity index (χ2n) is 9.42. The lowest BCUT2D eigenvalue weighted by Crippen LogP contribution is -2.27. The number of hydrogen-bond acceptors (Lipinski definition) is 6. The number of anilines is 2. The summed E-state index contributed by atoms with van der Waals surface area (Å²) in [5.74, 6) is -1.05. The molecule has 38 heavy (non-hydrogen) atoms. The van der Waals surface area contributed by atoms with Crippen molar-refractivity contribution < 1.29 is 23.1 Å². The molecule has 0 saturated carbocycles. The Hall–Kier alpha value is -4.41. The molecule has 1 aromatic carbocycles. The van der Waals surface area contributed by atoms with Crippen LogP contribution in [0.15, 0.2) is 53.5 Å². The van der Waals surface area contributed by atoms with Gasteiger partial charge in [-0.25, -0.2) is 14.8 Å². The van der Waals surface area contributed by atoms with Crippen molar-refractivity contribution in [3.8, 4) is 0 Å². The van der Waals surface area contributed by atoms with E-state index in [0.29, 0.717) is 35.7 Å². The topological polar surface area (TPSA) is 99.8 Å². The van der Waals surface area contributed by atoms with Crippen LogP contribution in [-0.4, -0.2) is 25.4 Å². The van der Waals surface area contributed by atoms with E-state index in [4.69, 9.17) is 4.98 Å². The Labute approximate surface area is 215 Å². The van der Waals surface area contributed by atoms with Crippen molar-refractivity contribution in [2.75, 3.05) is 10.2 Å². The van der Waals surface area contributed by atoms with Gasteiger partial charge in [0.1, 0.15) is 17.2 Å². The number of pyridine rings is 2. The van der Waals surface area contributed by atoms with Gasteiger partial charge >= 0.3 is 12.1 Å². The number of aryl methyl sites for hydroxylation is 1. The van der Waals surface area contributed by atoms with Crippen molar-refractivity contribution in [3.05, 3.63) is 98.2 Å². The van der Waals surface area contributed by atoms with Gasteiger partial charge in [-0.15, -0.1) is 0 Å². The Bertz CT molecular complexity index is 1620. The number of carboxylic acids is 1. The number of aromatic carboxylic acids is 1. The molecule has 1 aliphatic heterocycles. The average molecular weight is 524 g/mol. The van der Waals surface area contributed by atoms with Gasteiger partial charge in [-0.05, 0) is 55.7 Å². The van der Waals surface area contributed by atoms with Crippen molar-refractivity contribution >= 4 is 23.1 Å². The van der Waals surface area contributed by atoms with Crippen LogP contribution in [0.4, 0.5) is 24.7 Å². The largest absolute Gasteiger partial charge is 0.476 e. The molecule has 1 atom stereocenters. The van der Waals surface area contributed by atoms with E-state index in [1.807, 2.05) is 42.2 Å². The van der Waals surface area contributed by atoms with Gasteiger partial charge < -0.3 is 15.3 Å². The smallest absolute Gasteiger partial charge is 0.433 e. The second kappa shape index (κ2) is 9.16. The van der Waals surface area contributed by atoms with Crippen LogP contribution in [0.1, 0.15) is 57.0 Å². The molecule has 0 saturated heterocycles. The highest BCUT2D eigenvalue weighted by molar-refractivity contribution is 5.92. The fourth-order valence-electron chi connectivity index (χ4n) is 4.80. The Kier molecular flexibility index (Phi) is 6.09. The lowest BCUT2D eigenvalue weighted by molar-refractivity contribution is -0.141. The van der Waals surface area contributed by atoms with Gasteiger partial charge in [-0.2, -0.15) is 13.2 Å². The number of carbonyl (C=O) groups is 1. The standard InChI is InChI=1S/C27H24F3N5O3/c1-14-10-19(16(3)31-20-8-9-21(27(28,29)30)32-22(20)26(37)38)24-33-23(15(2)25(36)35(24)11-14)34-12-17-6-4-5-7-18(17)13-34/h4-11,16,31H,12-13H2,1-3H3,(H,37,38)/t16-/m0/s1. The molecule has 0 aliphatic carbocycles. The molecule has 4 heterocycles. The van der Waals surface area contributed by atoms with Gasteiger partial charge in [0.15, 0.2) is 5.69 Å². The van der Waals surface area contributed by atoms with Gasteiger partial charge in [0, 0.05) is 24.8 Å². The highest BCUT2D eigenvalue weighted by Gasteiger charge is 2.34. The third-order valence-electron chi connectivity index (χ3n) is 6.66. The van der Waals surface area contributed by atoms with E-state index in [-0.39, 0.29) is 11.2 Å². The summed E-state index contributed by atoms with van der Waals surface area (Å²) in [6, 6.07) is 11.0. The molecule has 0 spiro atoms. The fraction of sp³-hybridized carbons (Fsp3) is 0.259. The van der Waals surface area contributed by atoms with Gasteiger partial charge in [0.2, 0.25) is 0 Å². The number of halogens is 3. The summed E-state index contributed by atoms with van der Waals surface area (Å²) < 4.78 is 40.8. The first-order valence-corrected chi connectivity index (χ1v) is 11.9. The van der Waals surface area contributed by atoms with Crippen molar-refractivity contribution in [1.29, 1.82) is 0 Å². The Morgan fingerprint density at radius 3 is 2.34 bits per heavy atom. The van der Waals surface area contributed by atoms with E-state index in [1.54, 1.807) is 20.0 Å². The first kappa shape index (κ1) is 25.2. The monoisotopic (exact) mass is 523 g/mol. The molecule has 1 aliphatic rings. The number of nitrogens with one attached hydrogen (secondary N) is 1. The third kappa shape index (κ3) is 4.44. The molecule has 5 rings (SSSR count). The quantitative estimate of drug-likeness (QED) is 0.375. The van der Waals surface area contributed by atoms with Crippen molar-refractivity contribution in [1.82, 2.24) is 14.4 Å². The van der Waals surface area contributed by atoms with Gasteiger partial charge in [0.25, 0.3) is 5.56 Å². The molecule has 11 heteroatoms. The van der Waals surface area contributed by atoms with E-state index < -0.39 is 29.6 Å². The molecule has 0 fully saturated rings. The normalized spacial score (nSPS) is 14.0. The van der Waals surface area contributed by atoms with E-state index in [9.17, 15) is 27.9 Å². The Morgan fingerprint density at radius 2 is 1.74 bits per heavy atom. The van der Waals surface area contributed by atoms with Crippen molar-refractivity contribution in [2.45, 2.75) is 46.1 Å². The molecule has 0 amide bonds. The minimum Gasteiger partial charge on any atom is -0.476 e. The maximum Gasteiger partial charge on any atom is 0.433 e. The average Bonchev–Trinajstić information content (AvgIpc) is 3.29. The minimum absolute atomic E-state index is 0.0812. The molecule has 0 bridgehead atoms. The number of carboxylic acid groups (broad SMARTS) is 1. The number of rotatable bonds is 5. The Morgan fingerprint density at radius 1 is 1.08 bits per heavy atom. The van der Waals surface area contributed by atoms with Crippen LogP contribution >= 0.6 is 0 Å². The Balaban J connectivity index is 1.58. The molecule has 196 valence electrons. The summed E-state index contributed by atoms with van der Waals surface area (Å²) in [5.41, 5.74) is 2.15. The van der Waals surface area contributed by atoms with Crippen LogP contribution < -0.4 is 15.8 Å². The molecular weight excluding hydrogens is 499 g/mol. The van der Waals surface area contributed by atoms with E-state index in [2.05, 4.69) is 10.3 Å². The van der Waals surface area contributed by atoms with Gasteiger partial charge in [0.05, 0.1) is 17.3 Å². The molecule has 4 aromatic rings. The van der Waals surface area contributed by atoms with E-state index in [1.165, 1.54) is 4.40 Å². The summed E-state index contributed by atoms with van der Waals surface area (Å²) >= 11 is 0. The van der Waals surface area contributed by atoms with Gasteiger partial charge in [-0.1, -0.05) is 24.3 Å². The molecule has 8 nitrogen and oxygen atoms in total. The number of fused-ring (bicyclic) bond motifs is 2. The van der Waals surface area contributed by atoms with Crippen LogP contribution in [-0.2, 0) is 19.3 Å². The summed E-state index contributed by atoms with van der Waals surface area (Å²) in [7, 11) is 0. The number of nitrogens with zero attached hydrogens (tertiary/aromatic N) is 4. The number of benzene rings is 1. The predicted molar refractivity (Wildman–Crippen MR) is 136 cm³/mol. The summed E-state index contributed by atoms with van der Waals surface area (Å²) in [4.78, 5) is 35.4. The number of alkyl halides is 3. The summed E-state index contributed by atoms with van der Waals surface area (Å²) in [6.45, 7) is 6.47. The molecular formula is C27H24F3N5O3. The predicted octanol–water partition coefficient (Wildman–Crippen LogP) is 5.12. The molecule has 3 aromatic heterocycles. The fourth-order valence-corrected chi connectivity index (χ4v) is 4.80. The maximum absolute atomic E-state index is 13.4.